The maximum atomic E-state index is 13.1. The van der Waals surface area contributed by atoms with E-state index in [0.29, 0.717) is 16.9 Å². The van der Waals surface area contributed by atoms with Crippen molar-refractivity contribution in [3.8, 4) is 5.75 Å². The predicted molar refractivity (Wildman–Crippen MR) is 55.7 cm³/mol. The van der Waals surface area contributed by atoms with Crippen LogP contribution in [-0.4, -0.2) is 12.2 Å². The van der Waals surface area contributed by atoms with E-state index < -0.39 is 11.9 Å². The van der Waals surface area contributed by atoms with Gasteiger partial charge in [-0.15, -0.1) is 0 Å². The van der Waals surface area contributed by atoms with Gasteiger partial charge in [0, 0.05) is 11.1 Å². The average molecular weight is 222 g/mol. The molecule has 0 unspecified atom stereocenters. The fourth-order valence-corrected chi connectivity index (χ4v) is 1.53. The van der Waals surface area contributed by atoms with Crippen LogP contribution in [0.25, 0.3) is 0 Å². The third kappa shape index (κ3) is 1.92. The van der Waals surface area contributed by atoms with Gasteiger partial charge in [-0.2, -0.15) is 0 Å². The Morgan fingerprint density at radius 1 is 1.38 bits per heavy atom. The van der Waals surface area contributed by atoms with E-state index in [1.54, 1.807) is 6.07 Å². The van der Waals surface area contributed by atoms with Crippen LogP contribution in [-0.2, 0) is 0 Å². The lowest BCUT2D eigenvalue weighted by Gasteiger charge is -2.13. The summed E-state index contributed by atoms with van der Waals surface area (Å²) < 4.78 is 23.0. The molecule has 16 heavy (non-hydrogen) atoms. The first-order valence-electron chi connectivity index (χ1n) is 4.76. The summed E-state index contributed by atoms with van der Waals surface area (Å²) in [5, 5.41) is 10.0. The van der Waals surface area contributed by atoms with Gasteiger partial charge in [0.2, 0.25) is 0 Å². The summed E-state index contributed by atoms with van der Waals surface area (Å²) in [6.07, 6.45) is 1.91. The number of rotatable bonds is 3. The summed E-state index contributed by atoms with van der Waals surface area (Å²) in [6, 6.07) is 5.63. The Hall–Kier alpha value is -1.81. The first kappa shape index (κ1) is 10.7. The zero-order chi connectivity index (χ0) is 11.5. The Labute approximate surface area is 92.1 Å². The minimum absolute atomic E-state index is 0.379. The van der Waals surface area contributed by atoms with E-state index in [9.17, 15) is 9.50 Å². The van der Waals surface area contributed by atoms with E-state index in [2.05, 4.69) is 0 Å². The number of aliphatic hydroxyl groups is 1. The van der Waals surface area contributed by atoms with Crippen LogP contribution in [0, 0.1) is 5.82 Å². The Morgan fingerprint density at radius 2 is 2.19 bits per heavy atom. The zero-order valence-electron chi connectivity index (χ0n) is 8.68. The van der Waals surface area contributed by atoms with Crippen LogP contribution >= 0.6 is 0 Å². The van der Waals surface area contributed by atoms with Crippen molar-refractivity contribution in [1.82, 2.24) is 0 Å². The van der Waals surface area contributed by atoms with Crippen LogP contribution in [0.2, 0.25) is 0 Å². The van der Waals surface area contributed by atoms with Crippen LogP contribution in [0.5, 0.6) is 5.75 Å². The normalized spacial score (nSPS) is 12.4. The number of halogens is 1. The van der Waals surface area contributed by atoms with Crippen molar-refractivity contribution in [3.05, 3.63) is 53.7 Å². The third-order valence-electron chi connectivity index (χ3n) is 2.35. The standard InChI is InChI=1S/C12H11FO3/c1-15-11-3-2-9(13)6-10(11)12(14)8-4-5-16-7-8/h2-7,12,14H,1H3/t12-/m1/s1. The molecule has 4 heteroatoms. The zero-order valence-corrected chi connectivity index (χ0v) is 8.68. The van der Waals surface area contributed by atoms with Crippen molar-refractivity contribution in [3.63, 3.8) is 0 Å². The molecule has 1 atom stereocenters. The minimum atomic E-state index is -0.954. The van der Waals surface area contributed by atoms with Gasteiger partial charge in [0.05, 0.1) is 19.6 Å². The van der Waals surface area contributed by atoms with E-state index in [-0.39, 0.29) is 0 Å². The molecule has 0 aliphatic rings. The Morgan fingerprint density at radius 3 is 2.81 bits per heavy atom. The van der Waals surface area contributed by atoms with Crippen LogP contribution in [0.15, 0.2) is 41.2 Å². The molecule has 0 aliphatic carbocycles. The van der Waals surface area contributed by atoms with Crippen molar-refractivity contribution in [1.29, 1.82) is 0 Å². The molecule has 0 radical (unpaired) electrons. The molecular formula is C12H11FO3. The Balaban J connectivity index is 2.42. The minimum Gasteiger partial charge on any atom is -0.496 e. The first-order valence-corrected chi connectivity index (χ1v) is 4.76. The number of hydrogen-bond donors (Lipinski definition) is 1. The molecule has 1 N–H and O–H groups in total. The van der Waals surface area contributed by atoms with Gasteiger partial charge in [-0.25, -0.2) is 4.39 Å². The number of hydrogen-bond acceptors (Lipinski definition) is 3. The van der Waals surface area contributed by atoms with Gasteiger partial charge >= 0.3 is 0 Å². The number of aliphatic hydroxyl groups excluding tert-OH is 1. The van der Waals surface area contributed by atoms with Gasteiger partial charge < -0.3 is 14.3 Å². The summed E-state index contributed by atoms with van der Waals surface area (Å²) in [7, 11) is 1.47. The largest absolute Gasteiger partial charge is 0.496 e. The van der Waals surface area contributed by atoms with Gasteiger partial charge in [0.15, 0.2) is 0 Å². The summed E-state index contributed by atoms with van der Waals surface area (Å²) in [4.78, 5) is 0. The Kier molecular flexibility index (Phi) is 2.92. The van der Waals surface area contributed by atoms with E-state index in [1.807, 2.05) is 0 Å². The second-order valence-corrected chi connectivity index (χ2v) is 3.35. The maximum Gasteiger partial charge on any atom is 0.125 e. The number of methoxy groups -OCH3 is 1. The Bertz CT molecular complexity index is 465. The molecule has 0 saturated carbocycles. The van der Waals surface area contributed by atoms with Gasteiger partial charge in [0.1, 0.15) is 17.7 Å². The third-order valence-corrected chi connectivity index (χ3v) is 2.35. The highest BCUT2D eigenvalue weighted by atomic mass is 19.1. The highest BCUT2D eigenvalue weighted by molar-refractivity contribution is 5.39. The summed E-state index contributed by atoms with van der Waals surface area (Å²) in [6.45, 7) is 0. The quantitative estimate of drug-likeness (QED) is 0.867. The highest BCUT2D eigenvalue weighted by Gasteiger charge is 2.17. The number of furan rings is 1. The molecule has 0 fully saturated rings. The van der Waals surface area contributed by atoms with Gasteiger partial charge in [0.25, 0.3) is 0 Å². The molecule has 0 amide bonds. The second kappa shape index (κ2) is 4.37. The van der Waals surface area contributed by atoms with Gasteiger partial charge in [-0.1, -0.05) is 0 Å². The van der Waals surface area contributed by atoms with Crippen molar-refractivity contribution in [2.24, 2.45) is 0 Å². The van der Waals surface area contributed by atoms with Gasteiger partial charge in [-0.3, -0.25) is 0 Å². The van der Waals surface area contributed by atoms with Crippen molar-refractivity contribution in [2.75, 3.05) is 7.11 Å². The SMILES string of the molecule is COc1ccc(F)cc1[C@H](O)c1ccoc1. The molecule has 2 rings (SSSR count). The van der Waals surface area contributed by atoms with Gasteiger partial charge in [-0.05, 0) is 24.3 Å². The molecule has 84 valence electrons. The molecule has 0 saturated heterocycles. The van der Waals surface area contributed by atoms with Crippen LogP contribution in [0.4, 0.5) is 4.39 Å². The smallest absolute Gasteiger partial charge is 0.125 e. The lowest BCUT2D eigenvalue weighted by atomic mass is 10.0. The van der Waals surface area contributed by atoms with Crippen molar-refractivity contribution < 1.29 is 18.7 Å². The van der Waals surface area contributed by atoms with Crippen LogP contribution in [0.3, 0.4) is 0 Å². The predicted octanol–water partition coefficient (Wildman–Crippen LogP) is 2.51. The van der Waals surface area contributed by atoms with Crippen LogP contribution in [0.1, 0.15) is 17.2 Å². The molecule has 0 aliphatic heterocycles. The fourth-order valence-electron chi connectivity index (χ4n) is 1.53. The lowest BCUT2D eigenvalue weighted by molar-refractivity contribution is 0.213. The summed E-state index contributed by atoms with van der Waals surface area (Å²) in [5.74, 6) is 0.0217. The molecule has 3 nitrogen and oxygen atoms in total. The highest BCUT2D eigenvalue weighted by Crippen LogP contribution is 2.30. The van der Waals surface area contributed by atoms with Crippen molar-refractivity contribution >= 4 is 0 Å². The molecule has 0 spiro atoms. The van der Waals surface area contributed by atoms with E-state index in [1.165, 1.54) is 37.8 Å². The fraction of sp³-hybridized carbons (Fsp3) is 0.167. The molecule has 0 bridgehead atoms. The second-order valence-electron chi connectivity index (χ2n) is 3.35. The monoisotopic (exact) mass is 222 g/mol. The number of benzene rings is 1. The molecule has 1 aromatic carbocycles. The summed E-state index contributed by atoms with van der Waals surface area (Å²) >= 11 is 0. The van der Waals surface area contributed by atoms with E-state index in [0.717, 1.165) is 0 Å². The molecule has 1 heterocycles. The molecular weight excluding hydrogens is 211 g/mol. The molecule has 2 aromatic rings. The number of ether oxygens (including phenoxy) is 1. The van der Waals surface area contributed by atoms with Crippen LogP contribution < -0.4 is 4.74 Å². The first-order chi connectivity index (χ1) is 7.72. The lowest BCUT2D eigenvalue weighted by Crippen LogP contribution is -2.01. The maximum absolute atomic E-state index is 13.1. The molecule has 1 aromatic heterocycles. The van der Waals surface area contributed by atoms with Crippen molar-refractivity contribution in [2.45, 2.75) is 6.10 Å². The van der Waals surface area contributed by atoms with E-state index >= 15 is 0 Å². The van der Waals surface area contributed by atoms with E-state index in [4.69, 9.17) is 9.15 Å². The average Bonchev–Trinajstić information content (AvgIpc) is 2.81. The summed E-state index contributed by atoms with van der Waals surface area (Å²) in [5.41, 5.74) is 0.938. The topological polar surface area (TPSA) is 42.6 Å².